The molecule has 0 saturated carbocycles. The quantitative estimate of drug-likeness (QED) is 0.320. The molecule has 0 fully saturated rings. The van der Waals surface area contributed by atoms with E-state index in [1.165, 1.54) is 23.1 Å². The number of nitrogens with one attached hydrogen (secondary N) is 1. The van der Waals surface area contributed by atoms with Crippen LogP contribution in [0.2, 0.25) is 10.0 Å². The molecule has 2 aromatic heterocycles. The van der Waals surface area contributed by atoms with Gasteiger partial charge in [0.1, 0.15) is 16.2 Å². The van der Waals surface area contributed by atoms with Crippen LogP contribution in [0.25, 0.3) is 10.3 Å². The summed E-state index contributed by atoms with van der Waals surface area (Å²) in [6, 6.07) is 9.59. The summed E-state index contributed by atoms with van der Waals surface area (Å²) in [7, 11) is 5.96. The summed E-state index contributed by atoms with van der Waals surface area (Å²) in [5.41, 5.74) is 1.98. The van der Waals surface area contributed by atoms with Crippen molar-refractivity contribution < 1.29 is 4.79 Å². The summed E-state index contributed by atoms with van der Waals surface area (Å²) < 4.78 is 0.856. The third kappa shape index (κ3) is 7.22. The van der Waals surface area contributed by atoms with Gasteiger partial charge in [-0.3, -0.25) is 4.79 Å². The number of thiazole rings is 1. The van der Waals surface area contributed by atoms with E-state index in [0.29, 0.717) is 22.3 Å². The van der Waals surface area contributed by atoms with E-state index in [4.69, 9.17) is 23.2 Å². The molecule has 0 aliphatic heterocycles. The third-order valence-corrected chi connectivity index (χ3v) is 7.33. The summed E-state index contributed by atoms with van der Waals surface area (Å²) in [4.78, 5) is 26.3. The van der Waals surface area contributed by atoms with Gasteiger partial charge in [-0.1, -0.05) is 52.4 Å². The molecule has 3 rings (SSSR count). The highest BCUT2D eigenvalue weighted by Crippen LogP contribution is 2.29. The molecule has 6 nitrogen and oxygen atoms in total. The van der Waals surface area contributed by atoms with E-state index < -0.39 is 0 Å². The number of hydrogen-bond donors (Lipinski definition) is 1. The Kier molecular flexibility index (Phi) is 8.80. The standard InChI is InChI=1S/C21H25Cl2N5OS2/c1-27(2)18-8-7-17-20(26-18)31-21(25-17)30-13-19(29)24-9-4-10-28(3)12-14-5-6-15(22)16(23)11-14/h5-8,11H,4,9-10,12-13H2,1-3H3,(H,24,29). The molecule has 0 bridgehead atoms. The maximum absolute atomic E-state index is 12.2. The van der Waals surface area contributed by atoms with Crippen LogP contribution in [0.15, 0.2) is 34.7 Å². The number of rotatable bonds is 10. The lowest BCUT2D eigenvalue weighted by molar-refractivity contribution is -0.118. The van der Waals surface area contributed by atoms with E-state index in [0.717, 1.165) is 45.6 Å². The summed E-state index contributed by atoms with van der Waals surface area (Å²) in [6.45, 7) is 2.28. The number of benzene rings is 1. The Labute approximate surface area is 200 Å². The number of pyridine rings is 1. The molecule has 3 aromatic rings. The van der Waals surface area contributed by atoms with Crippen molar-refractivity contribution in [2.45, 2.75) is 17.3 Å². The van der Waals surface area contributed by atoms with E-state index in [1.807, 2.05) is 56.4 Å². The summed E-state index contributed by atoms with van der Waals surface area (Å²) in [5.74, 6) is 1.26. The van der Waals surface area contributed by atoms with Crippen LogP contribution in [0.4, 0.5) is 5.82 Å². The number of fused-ring (bicyclic) bond motifs is 1. The fraction of sp³-hybridized carbons (Fsp3) is 0.381. The maximum Gasteiger partial charge on any atom is 0.230 e. The van der Waals surface area contributed by atoms with Crippen molar-refractivity contribution in [2.75, 3.05) is 44.9 Å². The van der Waals surface area contributed by atoms with Crippen LogP contribution in [0, 0.1) is 0 Å². The number of anilines is 1. The second-order valence-electron chi connectivity index (χ2n) is 7.35. The Balaban J connectivity index is 1.36. The second kappa shape index (κ2) is 11.3. The molecule has 0 atom stereocenters. The molecule has 1 N–H and O–H groups in total. The van der Waals surface area contributed by atoms with E-state index in [1.54, 1.807) is 0 Å². The Morgan fingerprint density at radius 2 is 1.94 bits per heavy atom. The largest absolute Gasteiger partial charge is 0.363 e. The van der Waals surface area contributed by atoms with Gasteiger partial charge in [-0.25, -0.2) is 9.97 Å². The number of halogens is 2. The van der Waals surface area contributed by atoms with Gasteiger partial charge in [0, 0.05) is 27.2 Å². The predicted octanol–water partition coefficient (Wildman–Crippen LogP) is 4.79. The molecule has 2 heterocycles. The van der Waals surface area contributed by atoms with Crippen LogP contribution < -0.4 is 10.2 Å². The Bertz CT molecular complexity index is 1040. The summed E-state index contributed by atoms with van der Waals surface area (Å²) in [6.07, 6.45) is 0.868. The number of hydrogen-bond acceptors (Lipinski definition) is 7. The lowest BCUT2D eigenvalue weighted by Gasteiger charge is -2.17. The summed E-state index contributed by atoms with van der Waals surface area (Å²) >= 11 is 15.0. The van der Waals surface area contributed by atoms with Crippen LogP contribution >= 0.6 is 46.3 Å². The first-order chi connectivity index (χ1) is 14.8. The molecule has 0 unspecified atom stereocenters. The molecule has 166 valence electrons. The van der Waals surface area contributed by atoms with Gasteiger partial charge < -0.3 is 15.1 Å². The molecule has 0 radical (unpaired) electrons. The van der Waals surface area contributed by atoms with E-state index >= 15 is 0 Å². The first kappa shape index (κ1) is 24.1. The van der Waals surface area contributed by atoms with Crippen molar-refractivity contribution in [1.29, 1.82) is 0 Å². The number of thioether (sulfide) groups is 1. The number of nitrogens with zero attached hydrogens (tertiary/aromatic N) is 4. The zero-order valence-corrected chi connectivity index (χ0v) is 20.8. The number of aromatic nitrogens is 2. The molecule has 10 heteroatoms. The highest BCUT2D eigenvalue weighted by molar-refractivity contribution is 8.01. The molecular weight excluding hydrogens is 473 g/mol. The average molecular weight is 499 g/mol. The van der Waals surface area contributed by atoms with Gasteiger partial charge in [-0.2, -0.15) is 0 Å². The summed E-state index contributed by atoms with van der Waals surface area (Å²) in [5, 5.41) is 4.11. The fourth-order valence-electron chi connectivity index (χ4n) is 2.88. The first-order valence-electron chi connectivity index (χ1n) is 9.78. The molecule has 0 aliphatic rings. The smallest absolute Gasteiger partial charge is 0.230 e. The van der Waals surface area contributed by atoms with E-state index in [9.17, 15) is 4.79 Å². The maximum atomic E-state index is 12.2. The Morgan fingerprint density at radius 3 is 2.68 bits per heavy atom. The minimum Gasteiger partial charge on any atom is -0.363 e. The number of carbonyl (C=O) groups is 1. The molecule has 1 amide bonds. The molecule has 31 heavy (non-hydrogen) atoms. The Morgan fingerprint density at radius 1 is 1.13 bits per heavy atom. The average Bonchev–Trinajstić information content (AvgIpc) is 3.14. The van der Waals surface area contributed by atoms with Gasteiger partial charge in [0.2, 0.25) is 5.91 Å². The minimum atomic E-state index is 0.0123. The lowest BCUT2D eigenvalue weighted by Crippen LogP contribution is -2.29. The van der Waals surface area contributed by atoms with Crippen molar-refractivity contribution in [1.82, 2.24) is 20.2 Å². The van der Waals surface area contributed by atoms with Crippen molar-refractivity contribution in [3.05, 3.63) is 45.9 Å². The van der Waals surface area contributed by atoms with Crippen molar-refractivity contribution >= 4 is 68.4 Å². The fourth-order valence-corrected chi connectivity index (χ4v) is 5.04. The van der Waals surface area contributed by atoms with Gasteiger partial charge in [0.15, 0.2) is 4.34 Å². The normalized spacial score (nSPS) is 11.3. The van der Waals surface area contributed by atoms with Crippen molar-refractivity contribution in [2.24, 2.45) is 0 Å². The van der Waals surface area contributed by atoms with Crippen LogP contribution in [0.1, 0.15) is 12.0 Å². The van der Waals surface area contributed by atoms with Crippen molar-refractivity contribution in [3.8, 4) is 0 Å². The van der Waals surface area contributed by atoms with Gasteiger partial charge in [0.25, 0.3) is 0 Å². The van der Waals surface area contributed by atoms with Crippen LogP contribution in [-0.2, 0) is 11.3 Å². The molecule has 1 aromatic carbocycles. The first-order valence-corrected chi connectivity index (χ1v) is 12.3. The number of amides is 1. The molecule has 0 spiro atoms. The zero-order chi connectivity index (χ0) is 22.4. The van der Waals surface area contributed by atoms with Gasteiger partial charge in [0.05, 0.1) is 15.8 Å². The van der Waals surface area contributed by atoms with Gasteiger partial charge in [-0.15, -0.1) is 0 Å². The highest BCUT2D eigenvalue weighted by Gasteiger charge is 2.10. The van der Waals surface area contributed by atoms with E-state index in [-0.39, 0.29) is 5.91 Å². The highest BCUT2D eigenvalue weighted by atomic mass is 35.5. The van der Waals surface area contributed by atoms with Crippen LogP contribution in [0.5, 0.6) is 0 Å². The lowest BCUT2D eigenvalue weighted by atomic mass is 10.2. The molecule has 0 aliphatic carbocycles. The monoisotopic (exact) mass is 497 g/mol. The SMILES string of the molecule is CN(CCCNC(=O)CSc1nc2ccc(N(C)C)nc2s1)Cc1ccc(Cl)c(Cl)c1. The van der Waals surface area contributed by atoms with Gasteiger partial charge in [-0.05, 0) is 49.8 Å². The second-order valence-corrected chi connectivity index (χ2v) is 10.4. The molecular formula is C21H25Cl2N5OS2. The third-order valence-electron chi connectivity index (χ3n) is 4.48. The van der Waals surface area contributed by atoms with Crippen molar-refractivity contribution in [3.63, 3.8) is 0 Å². The minimum absolute atomic E-state index is 0.0123. The zero-order valence-electron chi connectivity index (χ0n) is 17.7. The van der Waals surface area contributed by atoms with Gasteiger partial charge >= 0.3 is 0 Å². The van der Waals surface area contributed by atoms with Crippen LogP contribution in [0.3, 0.4) is 0 Å². The number of carbonyl (C=O) groups excluding carboxylic acids is 1. The predicted molar refractivity (Wildman–Crippen MR) is 133 cm³/mol. The van der Waals surface area contributed by atoms with E-state index in [2.05, 4.69) is 20.2 Å². The molecule has 0 saturated heterocycles. The topological polar surface area (TPSA) is 61.4 Å². The van der Waals surface area contributed by atoms with Crippen LogP contribution in [-0.4, -0.2) is 60.8 Å². The Hall–Kier alpha value is -1.58.